The number of carbonyl (C=O) groups is 3. The minimum atomic E-state index is -1.19. The van der Waals surface area contributed by atoms with E-state index in [9.17, 15) is 14.4 Å². The molecule has 2 N–H and O–H groups in total. The highest BCUT2D eigenvalue weighted by molar-refractivity contribution is 6.03. The van der Waals surface area contributed by atoms with Gasteiger partial charge in [-0.1, -0.05) is 31.2 Å². The zero-order valence-electron chi connectivity index (χ0n) is 20.4. The fraction of sp³-hybridized carbons (Fsp3) is 0.667. The molecule has 5 atom stereocenters. The van der Waals surface area contributed by atoms with Crippen molar-refractivity contribution < 1.29 is 23.6 Å². The van der Waals surface area contributed by atoms with Crippen LogP contribution in [0.1, 0.15) is 53.7 Å². The Kier molecular flexibility index (Phi) is 5.47. The number of likely N-dealkylation sites (tertiary alicyclic amines) is 1. The monoisotopic (exact) mass is 458 g/mol. The third-order valence-corrected chi connectivity index (χ3v) is 6.65. The van der Waals surface area contributed by atoms with Crippen molar-refractivity contribution in [2.45, 2.75) is 77.7 Å². The van der Waals surface area contributed by atoms with Gasteiger partial charge in [-0.05, 0) is 47.0 Å². The summed E-state index contributed by atoms with van der Waals surface area (Å²) in [5.41, 5.74) is -2.68. The molecule has 9 heteroatoms. The molecule has 1 aromatic rings. The lowest BCUT2D eigenvalue weighted by Crippen LogP contribution is -2.58. The van der Waals surface area contributed by atoms with E-state index in [1.165, 1.54) is 0 Å². The number of nitrogens with one attached hydrogen (secondary N) is 2. The first-order valence-electron chi connectivity index (χ1n) is 11.5. The Morgan fingerprint density at radius 2 is 1.94 bits per heavy atom. The van der Waals surface area contributed by atoms with Crippen molar-refractivity contribution in [1.82, 2.24) is 15.4 Å². The molecule has 180 valence electrons. The number of ether oxygens (including phenoxy) is 1. The summed E-state index contributed by atoms with van der Waals surface area (Å²) in [6.45, 7) is 13.8. The standard InChI is InChI=1S/C24H34N4O5/c1-13(2)8-11-28-18(20(30)26-22(4,5)6)24-10-9-23(7,33-24)16(17(24)21(28)31)19(29)25-15-12-14(3)32-27-15/h9-10,12-13,16-18H,8,11H2,1-7H3,(H,26,30)(H,25,27,29)/t16-,17+,18-,23+,24+/m0/s1. The molecular formula is C24H34N4O5. The van der Waals surface area contributed by atoms with Gasteiger partial charge in [0.2, 0.25) is 17.7 Å². The average molecular weight is 459 g/mol. The summed E-state index contributed by atoms with van der Waals surface area (Å²) in [5, 5.41) is 9.62. The van der Waals surface area contributed by atoms with Crippen molar-refractivity contribution in [3.05, 3.63) is 24.0 Å². The van der Waals surface area contributed by atoms with E-state index in [2.05, 4.69) is 29.6 Å². The van der Waals surface area contributed by atoms with E-state index in [4.69, 9.17) is 9.26 Å². The molecule has 1 aromatic heterocycles. The number of hydrogen-bond donors (Lipinski definition) is 2. The Hall–Kier alpha value is -2.68. The van der Waals surface area contributed by atoms with Gasteiger partial charge in [0.25, 0.3) is 0 Å². The van der Waals surface area contributed by atoms with E-state index in [1.54, 1.807) is 24.8 Å². The van der Waals surface area contributed by atoms with E-state index < -0.39 is 34.6 Å². The first kappa shape index (κ1) is 23.5. The van der Waals surface area contributed by atoms with E-state index >= 15 is 0 Å². The summed E-state index contributed by atoms with van der Waals surface area (Å²) < 4.78 is 11.5. The molecular weight excluding hydrogens is 424 g/mol. The lowest BCUT2D eigenvalue weighted by molar-refractivity contribution is -0.144. The van der Waals surface area contributed by atoms with E-state index in [-0.39, 0.29) is 23.5 Å². The van der Waals surface area contributed by atoms with Crippen LogP contribution in [0.4, 0.5) is 5.82 Å². The molecule has 0 saturated carbocycles. The molecule has 4 rings (SSSR count). The van der Waals surface area contributed by atoms with Crippen LogP contribution in [0.25, 0.3) is 0 Å². The van der Waals surface area contributed by atoms with Crippen molar-refractivity contribution in [3.8, 4) is 0 Å². The minimum absolute atomic E-state index is 0.228. The number of rotatable bonds is 6. The molecule has 3 aliphatic heterocycles. The van der Waals surface area contributed by atoms with Gasteiger partial charge < -0.3 is 24.8 Å². The van der Waals surface area contributed by atoms with Crippen molar-refractivity contribution in [2.75, 3.05) is 11.9 Å². The number of anilines is 1. The van der Waals surface area contributed by atoms with Gasteiger partial charge in [0.15, 0.2) is 5.82 Å². The summed E-state index contributed by atoms with van der Waals surface area (Å²) in [6.07, 6.45) is 4.38. The first-order chi connectivity index (χ1) is 15.3. The average Bonchev–Trinajstić information content (AvgIpc) is 3.36. The fourth-order valence-corrected chi connectivity index (χ4v) is 5.33. The van der Waals surface area contributed by atoms with Crippen molar-refractivity contribution >= 4 is 23.5 Å². The summed E-state index contributed by atoms with van der Waals surface area (Å²) in [5.74, 6) is -1.29. The van der Waals surface area contributed by atoms with Crippen LogP contribution in [-0.4, -0.2) is 57.1 Å². The molecule has 3 amide bonds. The second-order valence-electron chi connectivity index (χ2n) is 11.1. The highest BCUT2D eigenvalue weighted by Crippen LogP contribution is 2.59. The van der Waals surface area contributed by atoms with Gasteiger partial charge in [0.1, 0.15) is 17.4 Å². The molecule has 1 spiro atoms. The number of amides is 3. The second-order valence-corrected chi connectivity index (χ2v) is 11.1. The van der Waals surface area contributed by atoms with Gasteiger partial charge in [0, 0.05) is 18.2 Å². The van der Waals surface area contributed by atoms with Crippen LogP contribution in [0.5, 0.6) is 0 Å². The van der Waals surface area contributed by atoms with E-state index in [0.717, 1.165) is 6.42 Å². The summed E-state index contributed by atoms with van der Waals surface area (Å²) in [6, 6.07) is 0.767. The second kappa shape index (κ2) is 7.68. The highest BCUT2D eigenvalue weighted by Gasteiger charge is 2.76. The Labute approximate surface area is 194 Å². The Bertz CT molecular complexity index is 1010. The highest BCUT2D eigenvalue weighted by atomic mass is 16.5. The Morgan fingerprint density at radius 3 is 2.52 bits per heavy atom. The van der Waals surface area contributed by atoms with Crippen molar-refractivity contribution in [2.24, 2.45) is 17.8 Å². The predicted molar refractivity (Wildman–Crippen MR) is 121 cm³/mol. The molecule has 0 radical (unpaired) electrons. The van der Waals surface area contributed by atoms with Gasteiger partial charge >= 0.3 is 0 Å². The predicted octanol–water partition coefficient (Wildman–Crippen LogP) is 2.42. The molecule has 2 fully saturated rings. The molecule has 0 unspecified atom stereocenters. The van der Waals surface area contributed by atoms with Crippen LogP contribution in [-0.2, 0) is 19.1 Å². The maximum absolute atomic E-state index is 13.8. The van der Waals surface area contributed by atoms with Crippen LogP contribution in [0.2, 0.25) is 0 Å². The third-order valence-electron chi connectivity index (χ3n) is 6.65. The maximum atomic E-state index is 13.8. The first-order valence-corrected chi connectivity index (χ1v) is 11.5. The molecule has 2 bridgehead atoms. The number of hydrogen-bond acceptors (Lipinski definition) is 6. The van der Waals surface area contributed by atoms with Gasteiger partial charge in [-0.3, -0.25) is 14.4 Å². The minimum Gasteiger partial charge on any atom is -0.360 e. The van der Waals surface area contributed by atoms with E-state index in [0.29, 0.717) is 18.2 Å². The third kappa shape index (κ3) is 3.86. The summed E-state index contributed by atoms with van der Waals surface area (Å²) >= 11 is 0. The molecule has 0 aliphatic carbocycles. The van der Waals surface area contributed by atoms with Crippen LogP contribution in [0, 0.1) is 24.7 Å². The number of nitrogens with zero attached hydrogens (tertiary/aromatic N) is 2. The number of fused-ring (bicyclic) bond motifs is 1. The lowest BCUT2D eigenvalue weighted by Gasteiger charge is -2.35. The van der Waals surface area contributed by atoms with Gasteiger partial charge in [-0.2, -0.15) is 0 Å². The van der Waals surface area contributed by atoms with Crippen molar-refractivity contribution in [1.29, 1.82) is 0 Å². The van der Waals surface area contributed by atoms with Crippen molar-refractivity contribution in [3.63, 3.8) is 0 Å². The van der Waals surface area contributed by atoms with Gasteiger partial charge in [-0.25, -0.2) is 0 Å². The van der Waals surface area contributed by atoms with Crippen LogP contribution in [0.15, 0.2) is 22.7 Å². The fourth-order valence-electron chi connectivity index (χ4n) is 5.33. The smallest absolute Gasteiger partial charge is 0.246 e. The molecule has 9 nitrogen and oxygen atoms in total. The number of aromatic nitrogens is 1. The van der Waals surface area contributed by atoms with Gasteiger partial charge in [-0.15, -0.1) is 0 Å². The molecule has 3 aliphatic rings. The summed E-state index contributed by atoms with van der Waals surface area (Å²) in [4.78, 5) is 42.3. The van der Waals surface area contributed by atoms with Gasteiger partial charge in [0.05, 0.1) is 17.4 Å². The SMILES string of the molecule is Cc1cc(NC(=O)[C@@H]2[C@@H]3C(=O)N(CCC(C)C)[C@@H](C(=O)NC(C)(C)C)[C@@]34C=C[C@@]2(C)O4)no1. The van der Waals surface area contributed by atoms with Crippen LogP contribution in [0.3, 0.4) is 0 Å². The van der Waals surface area contributed by atoms with Crippen LogP contribution < -0.4 is 10.6 Å². The molecule has 33 heavy (non-hydrogen) atoms. The Morgan fingerprint density at radius 1 is 1.24 bits per heavy atom. The lowest BCUT2D eigenvalue weighted by atomic mass is 9.70. The number of carbonyl (C=O) groups excluding carboxylic acids is 3. The maximum Gasteiger partial charge on any atom is 0.246 e. The Balaban J connectivity index is 1.71. The zero-order valence-corrected chi connectivity index (χ0v) is 20.4. The molecule has 2 saturated heterocycles. The number of aryl methyl sites for hydroxylation is 1. The largest absolute Gasteiger partial charge is 0.360 e. The molecule has 0 aromatic carbocycles. The zero-order chi connectivity index (χ0) is 24.3. The summed E-state index contributed by atoms with van der Waals surface area (Å²) in [7, 11) is 0. The van der Waals surface area contributed by atoms with E-state index in [1.807, 2.05) is 32.9 Å². The topological polar surface area (TPSA) is 114 Å². The normalized spacial score (nSPS) is 32.5. The molecule has 4 heterocycles. The quantitative estimate of drug-likeness (QED) is 0.633. The van der Waals surface area contributed by atoms with Crippen LogP contribution >= 0.6 is 0 Å².